The smallest absolute Gasteiger partial charge is 0.0432 e. The molecule has 0 unspecified atom stereocenters. The van der Waals surface area contributed by atoms with Crippen molar-refractivity contribution >= 4 is 5.57 Å². The normalized spacial score (nSPS) is 27.1. The Labute approximate surface area is 102 Å². The van der Waals surface area contributed by atoms with Crippen LogP contribution in [0.15, 0.2) is 24.5 Å². The zero-order valence-corrected chi connectivity index (χ0v) is 9.82. The van der Waals surface area contributed by atoms with Gasteiger partial charge in [0.05, 0.1) is 0 Å². The van der Waals surface area contributed by atoms with Crippen molar-refractivity contribution in [3.8, 4) is 12.3 Å². The van der Waals surface area contributed by atoms with Gasteiger partial charge in [-0.15, -0.1) is 6.42 Å². The third-order valence-electron chi connectivity index (χ3n) is 3.83. The first-order valence-electron chi connectivity index (χ1n) is 6.24. The number of aromatic nitrogens is 1. The SMILES string of the molecule is C#Cc1cncc(C2=CCC[C@H]3CCN[C@@H]23)c1. The third-order valence-corrected chi connectivity index (χ3v) is 3.83. The molecule has 0 spiro atoms. The van der Waals surface area contributed by atoms with Crippen LogP contribution in [-0.2, 0) is 0 Å². The molecular weight excluding hydrogens is 208 g/mol. The summed E-state index contributed by atoms with van der Waals surface area (Å²) >= 11 is 0. The number of terminal acetylenes is 1. The number of hydrogen-bond acceptors (Lipinski definition) is 2. The molecule has 2 heterocycles. The molecule has 3 rings (SSSR count). The summed E-state index contributed by atoms with van der Waals surface area (Å²) < 4.78 is 0. The minimum atomic E-state index is 0.513. The van der Waals surface area contributed by atoms with Crippen molar-refractivity contribution in [3.05, 3.63) is 35.7 Å². The lowest BCUT2D eigenvalue weighted by atomic mass is 9.82. The van der Waals surface area contributed by atoms with E-state index in [1.807, 2.05) is 6.20 Å². The maximum Gasteiger partial charge on any atom is 0.0432 e. The molecule has 0 bridgehead atoms. The summed E-state index contributed by atoms with van der Waals surface area (Å²) in [6.07, 6.45) is 15.2. The highest BCUT2D eigenvalue weighted by Gasteiger charge is 2.32. The number of hydrogen-bond donors (Lipinski definition) is 1. The van der Waals surface area contributed by atoms with Crippen LogP contribution >= 0.6 is 0 Å². The van der Waals surface area contributed by atoms with E-state index < -0.39 is 0 Å². The molecule has 0 aromatic carbocycles. The van der Waals surface area contributed by atoms with Gasteiger partial charge in [-0.25, -0.2) is 0 Å². The van der Waals surface area contributed by atoms with E-state index in [9.17, 15) is 0 Å². The van der Waals surface area contributed by atoms with Crippen LogP contribution in [0.3, 0.4) is 0 Å². The van der Waals surface area contributed by atoms with E-state index in [-0.39, 0.29) is 0 Å². The van der Waals surface area contributed by atoms with Gasteiger partial charge in [-0.3, -0.25) is 4.98 Å². The van der Waals surface area contributed by atoms with Gasteiger partial charge in [0.25, 0.3) is 0 Å². The molecule has 2 heteroatoms. The Morgan fingerprint density at radius 3 is 3.18 bits per heavy atom. The van der Waals surface area contributed by atoms with Crippen molar-refractivity contribution in [1.29, 1.82) is 0 Å². The fraction of sp³-hybridized carbons (Fsp3) is 0.400. The van der Waals surface area contributed by atoms with Gasteiger partial charge in [0.2, 0.25) is 0 Å². The molecule has 1 aliphatic heterocycles. The second-order valence-electron chi connectivity index (χ2n) is 4.82. The summed E-state index contributed by atoms with van der Waals surface area (Å²) in [6.45, 7) is 1.13. The lowest BCUT2D eigenvalue weighted by molar-refractivity contribution is 0.470. The Morgan fingerprint density at radius 2 is 2.29 bits per heavy atom. The molecular formula is C15H16N2. The van der Waals surface area contributed by atoms with E-state index in [4.69, 9.17) is 6.42 Å². The largest absolute Gasteiger partial charge is 0.310 e. The molecule has 2 atom stereocenters. The molecule has 0 amide bonds. The minimum absolute atomic E-state index is 0.513. The molecule has 1 fully saturated rings. The molecule has 1 aromatic rings. The molecule has 1 aromatic heterocycles. The number of rotatable bonds is 1. The molecule has 0 radical (unpaired) electrons. The van der Waals surface area contributed by atoms with Crippen LogP contribution in [0.25, 0.3) is 5.57 Å². The highest BCUT2D eigenvalue weighted by Crippen LogP contribution is 2.35. The van der Waals surface area contributed by atoms with Gasteiger partial charge in [0, 0.05) is 24.0 Å². The maximum absolute atomic E-state index is 5.43. The molecule has 0 saturated carbocycles. The van der Waals surface area contributed by atoms with Crippen LogP contribution in [0.1, 0.15) is 30.4 Å². The summed E-state index contributed by atoms with van der Waals surface area (Å²) in [5.74, 6) is 3.45. The van der Waals surface area contributed by atoms with E-state index in [0.717, 1.165) is 18.0 Å². The van der Waals surface area contributed by atoms with Crippen LogP contribution in [-0.4, -0.2) is 17.6 Å². The zero-order chi connectivity index (χ0) is 11.7. The standard InChI is InChI=1S/C15H16N2/c1-2-11-8-13(10-16-9-11)14-5-3-4-12-6-7-17-15(12)14/h1,5,8-10,12,15,17H,3-4,6-7H2/t12-,15+/m0/s1. The Kier molecular flexibility index (Phi) is 2.70. The number of nitrogens with one attached hydrogen (secondary N) is 1. The first kappa shape index (κ1) is 10.6. The van der Waals surface area contributed by atoms with E-state index >= 15 is 0 Å². The molecule has 86 valence electrons. The fourth-order valence-corrected chi connectivity index (χ4v) is 2.99. The summed E-state index contributed by atoms with van der Waals surface area (Å²) in [6, 6.07) is 2.58. The van der Waals surface area contributed by atoms with Crippen LogP contribution in [0.5, 0.6) is 0 Å². The summed E-state index contributed by atoms with van der Waals surface area (Å²) in [5.41, 5.74) is 3.44. The molecule has 2 aliphatic rings. The van der Waals surface area contributed by atoms with Crippen LogP contribution in [0, 0.1) is 18.3 Å². The number of pyridine rings is 1. The van der Waals surface area contributed by atoms with Gasteiger partial charge in [0.1, 0.15) is 0 Å². The number of nitrogens with zero attached hydrogens (tertiary/aromatic N) is 1. The van der Waals surface area contributed by atoms with Crippen molar-refractivity contribution in [2.24, 2.45) is 5.92 Å². The average Bonchev–Trinajstić information content (AvgIpc) is 2.87. The van der Waals surface area contributed by atoms with E-state index in [1.54, 1.807) is 6.20 Å². The lowest BCUT2D eigenvalue weighted by Crippen LogP contribution is -2.30. The Hall–Kier alpha value is -1.59. The summed E-state index contributed by atoms with van der Waals surface area (Å²) in [4.78, 5) is 4.23. The molecule has 1 N–H and O–H groups in total. The van der Waals surface area contributed by atoms with E-state index in [2.05, 4.69) is 28.4 Å². The van der Waals surface area contributed by atoms with Crippen LogP contribution in [0.4, 0.5) is 0 Å². The minimum Gasteiger partial charge on any atom is -0.310 e. The Morgan fingerprint density at radius 1 is 1.35 bits per heavy atom. The number of fused-ring (bicyclic) bond motifs is 1. The Bertz CT molecular complexity index is 496. The topological polar surface area (TPSA) is 24.9 Å². The summed E-state index contributed by atoms with van der Waals surface area (Å²) in [7, 11) is 0. The first-order chi connectivity index (χ1) is 8.38. The first-order valence-corrected chi connectivity index (χ1v) is 6.24. The van der Waals surface area contributed by atoms with Crippen molar-refractivity contribution < 1.29 is 0 Å². The van der Waals surface area contributed by atoms with Crippen LogP contribution < -0.4 is 5.32 Å². The highest BCUT2D eigenvalue weighted by molar-refractivity contribution is 5.71. The van der Waals surface area contributed by atoms with Gasteiger partial charge in [0.15, 0.2) is 0 Å². The molecule has 2 nitrogen and oxygen atoms in total. The summed E-state index contributed by atoms with van der Waals surface area (Å²) in [5, 5.41) is 3.60. The molecule has 1 saturated heterocycles. The quantitative estimate of drug-likeness (QED) is 0.740. The van der Waals surface area contributed by atoms with Gasteiger partial charge in [-0.1, -0.05) is 12.0 Å². The lowest BCUT2D eigenvalue weighted by Gasteiger charge is -2.27. The van der Waals surface area contributed by atoms with Crippen molar-refractivity contribution in [2.75, 3.05) is 6.54 Å². The fourth-order valence-electron chi connectivity index (χ4n) is 2.99. The second-order valence-corrected chi connectivity index (χ2v) is 4.82. The molecule has 1 aliphatic carbocycles. The molecule has 17 heavy (non-hydrogen) atoms. The second kappa shape index (κ2) is 4.35. The predicted molar refractivity (Wildman–Crippen MR) is 69.3 cm³/mol. The zero-order valence-electron chi connectivity index (χ0n) is 9.82. The van der Waals surface area contributed by atoms with E-state index in [0.29, 0.717) is 6.04 Å². The number of allylic oxidation sites excluding steroid dienone is 1. The maximum atomic E-state index is 5.43. The van der Waals surface area contributed by atoms with Gasteiger partial charge >= 0.3 is 0 Å². The predicted octanol–water partition coefficient (Wildman–Crippen LogP) is 2.22. The van der Waals surface area contributed by atoms with Gasteiger partial charge < -0.3 is 5.32 Å². The third kappa shape index (κ3) is 1.87. The van der Waals surface area contributed by atoms with E-state index in [1.165, 1.54) is 30.4 Å². The Balaban J connectivity index is 1.97. The average molecular weight is 224 g/mol. The van der Waals surface area contributed by atoms with Gasteiger partial charge in [-0.2, -0.15) is 0 Å². The van der Waals surface area contributed by atoms with Crippen molar-refractivity contribution in [2.45, 2.75) is 25.3 Å². The van der Waals surface area contributed by atoms with Crippen molar-refractivity contribution in [3.63, 3.8) is 0 Å². The monoisotopic (exact) mass is 224 g/mol. The van der Waals surface area contributed by atoms with Gasteiger partial charge in [-0.05, 0) is 48.9 Å². The van der Waals surface area contributed by atoms with Crippen LogP contribution in [0.2, 0.25) is 0 Å². The van der Waals surface area contributed by atoms with Crippen molar-refractivity contribution in [1.82, 2.24) is 10.3 Å². The highest BCUT2D eigenvalue weighted by atomic mass is 15.0.